The van der Waals surface area contributed by atoms with Gasteiger partial charge < -0.3 is 18.9 Å². The molecule has 1 N–H and O–H groups in total. The Bertz CT molecular complexity index is 1770. The van der Waals surface area contributed by atoms with Gasteiger partial charge in [-0.25, -0.2) is 14.6 Å². The number of nitrogens with one attached hydrogen (secondary N) is 1. The lowest BCUT2D eigenvalue weighted by molar-refractivity contribution is -0.377. The van der Waals surface area contributed by atoms with Crippen LogP contribution < -0.4 is 19.4 Å². The average molecular weight is 706 g/mol. The van der Waals surface area contributed by atoms with Gasteiger partial charge in [0.2, 0.25) is 0 Å². The summed E-state index contributed by atoms with van der Waals surface area (Å²) in [5.74, 6) is 0.908. The number of rotatable bonds is 11. The number of nitrogens with zero attached hydrogens (tertiary/aromatic N) is 2. The molecule has 1 amide bonds. The number of aryl methyl sites for hydroxylation is 1. The second-order valence-electron chi connectivity index (χ2n) is 12.5. The number of aromatic nitrogens is 1. The summed E-state index contributed by atoms with van der Waals surface area (Å²) >= 11 is 13.0. The summed E-state index contributed by atoms with van der Waals surface area (Å²) in [6.45, 7) is 5.16. The van der Waals surface area contributed by atoms with E-state index in [4.69, 9.17) is 42.1 Å². The molecule has 3 fully saturated rings. The first-order valence-electron chi connectivity index (χ1n) is 16.4. The van der Waals surface area contributed by atoms with E-state index in [2.05, 4.69) is 9.88 Å². The number of hydrogen-bond acceptors (Lipinski definition) is 7. The Balaban J connectivity index is 1.21. The topological polar surface area (TPSA) is 91.7 Å². The Morgan fingerprint density at radius 2 is 1.63 bits per heavy atom. The summed E-state index contributed by atoms with van der Waals surface area (Å²) in [4.78, 5) is 34.3. The average Bonchev–Trinajstić information content (AvgIpc) is 3.12. The van der Waals surface area contributed by atoms with Crippen molar-refractivity contribution in [1.29, 1.82) is 0 Å². The molecule has 3 saturated heterocycles. The Kier molecular flexibility index (Phi) is 10.9. The molecular formula is C38H40Cl2N3O6+. The number of methoxy groups -OCH3 is 2. The van der Waals surface area contributed by atoms with E-state index in [1.807, 2.05) is 49.4 Å². The molecular weight excluding hydrogens is 665 g/mol. The lowest BCUT2D eigenvalue weighted by atomic mass is 9.86. The Morgan fingerprint density at radius 3 is 2.27 bits per heavy atom. The van der Waals surface area contributed by atoms with Crippen molar-refractivity contribution in [2.75, 3.05) is 38.8 Å². The number of esters is 1. The van der Waals surface area contributed by atoms with Gasteiger partial charge in [0.1, 0.15) is 22.3 Å². The molecule has 3 aliphatic rings. The SMILES string of the molecule is COc1ccc([C@H](Cc2c(Cl)c[nH+]cc2Cl)OC(=O)c2ccc(CN(C(=O)O[C@H]3CN4CCC3CC4)c3ccccc3C)cc2)cc1OC. The fraction of sp³-hybridized carbons (Fsp3) is 0.342. The lowest BCUT2D eigenvalue weighted by Crippen LogP contribution is -2.53. The predicted molar refractivity (Wildman–Crippen MR) is 188 cm³/mol. The number of fused-ring (bicyclic) bond motifs is 3. The maximum Gasteiger partial charge on any atom is 0.414 e. The van der Waals surface area contributed by atoms with Gasteiger partial charge in [-0.1, -0.05) is 59.6 Å². The molecule has 2 bridgehead atoms. The molecule has 3 aromatic carbocycles. The maximum absolute atomic E-state index is 13.7. The number of benzene rings is 3. The number of carbonyl (C=O) groups is 2. The van der Waals surface area contributed by atoms with Crippen LogP contribution in [0.3, 0.4) is 0 Å². The number of halogens is 2. The lowest BCUT2D eigenvalue weighted by Gasteiger charge is -2.44. The minimum absolute atomic E-state index is 0.115. The molecule has 2 atom stereocenters. The number of carbonyl (C=O) groups excluding carboxylic acids is 2. The summed E-state index contributed by atoms with van der Waals surface area (Å²) in [5.41, 5.74) is 4.24. The molecule has 4 aromatic rings. The minimum Gasteiger partial charge on any atom is -0.493 e. The fourth-order valence-corrected chi connectivity index (χ4v) is 7.15. The standard InChI is InChI=1S/C38H39Cl2N3O6/c1-24-6-4-5-7-32(24)43(38(45)49-36-23-42-16-14-26(36)15-17-42)22-25-8-10-27(11-9-25)37(44)48-34(19-29-30(39)20-41-21-31(29)40)28-12-13-33(46-2)35(18-28)47-3/h4-13,18,20-21,26,34,36H,14-17,19,22-23H2,1-3H3/p+1/t34-,36-/m0/s1. The molecule has 4 heterocycles. The van der Waals surface area contributed by atoms with Crippen molar-refractivity contribution < 1.29 is 33.5 Å². The van der Waals surface area contributed by atoms with Gasteiger partial charge in [0, 0.05) is 18.5 Å². The molecule has 0 radical (unpaired) electrons. The highest BCUT2D eigenvalue weighted by Gasteiger charge is 2.37. The molecule has 0 spiro atoms. The summed E-state index contributed by atoms with van der Waals surface area (Å²) < 4.78 is 23.2. The Morgan fingerprint density at radius 1 is 0.939 bits per heavy atom. The zero-order valence-electron chi connectivity index (χ0n) is 27.8. The van der Waals surface area contributed by atoms with Gasteiger partial charge in [-0.3, -0.25) is 9.80 Å². The summed E-state index contributed by atoms with van der Waals surface area (Å²) in [6, 6.07) is 20.2. The van der Waals surface area contributed by atoms with Gasteiger partial charge in [-0.15, -0.1) is 0 Å². The van der Waals surface area contributed by atoms with E-state index in [9.17, 15) is 9.59 Å². The van der Waals surface area contributed by atoms with Crippen LogP contribution in [0.25, 0.3) is 0 Å². The zero-order valence-corrected chi connectivity index (χ0v) is 29.3. The molecule has 256 valence electrons. The van der Waals surface area contributed by atoms with E-state index >= 15 is 0 Å². The normalized spacial score (nSPS) is 18.8. The van der Waals surface area contributed by atoms with Gasteiger partial charge in [0.25, 0.3) is 0 Å². The monoisotopic (exact) mass is 704 g/mol. The number of piperidine rings is 3. The van der Waals surface area contributed by atoms with E-state index in [0.717, 1.165) is 49.3 Å². The van der Waals surface area contributed by atoms with E-state index in [1.54, 1.807) is 55.8 Å². The van der Waals surface area contributed by atoms with Crippen molar-refractivity contribution in [1.82, 2.24) is 4.90 Å². The second-order valence-corrected chi connectivity index (χ2v) is 13.3. The largest absolute Gasteiger partial charge is 0.493 e. The van der Waals surface area contributed by atoms with Gasteiger partial charge >= 0.3 is 12.1 Å². The number of pyridine rings is 1. The molecule has 11 heteroatoms. The fourth-order valence-electron chi connectivity index (χ4n) is 6.62. The number of amides is 1. The molecule has 0 aliphatic carbocycles. The summed E-state index contributed by atoms with van der Waals surface area (Å²) in [7, 11) is 3.10. The first kappa shape index (κ1) is 34.5. The maximum atomic E-state index is 13.7. The minimum atomic E-state index is -0.748. The van der Waals surface area contributed by atoms with Crippen LogP contribution in [0, 0.1) is 12.8 Å². The van der Waals surface area contributed by atoms with Crippen LogP contribution in [0.4, 0.5) is 10.5 Å². The van der Waals surface area contributed by atoms with Crippen LogP contribution in [0.2, 0.25) is 10.0 Å². The van der Waals surface area contributed by atoms with Gasteiger partial charge in [-0.2, -0.15) is 0 Å². The molecule has 7 rings (SSSR count). The van der Waals surface area contributed by atoms with Crippen LogP contribution in [-0.4, -0.2) is 56.9 Å². The molecule has 1 aromatic heterocycles. The van der Waals surface area contributed by atoms with E-state index in [-0.39, 0.29) is 25.2 Å². The smallest absolute Gasteiger partial charge is 0.414 e. The summed E-state index contributed by atoms with van der Waals surface area (Å²) in [5, 5.41) is 0.840. The molecule has 0 unspecified atom stereocenters. The van der Waals surface area contributed by atoms with Crippen LogP contribution in [0.1, 0.15) is 51.6 Å². The van der Waals surface area contributed by atoms with Crippen LogP contribution in [-0.2, 0) is 22.4 Å². The van der Waals surface area contributed by atoms with Crippen molar-refractivity contribution in [3.05, 3.63) is 117 Å². The number of hydrogen-bond donors (Lipinski definition) is 0. The molecule has 9 nitrogen and oxygen atoms in total. The van der Waals surface area contributed by atoms with Crippen molar-refractivity contribution in [3.63, 3.8) is 0 Å². The number of aromatic amines is 1. The summed E-state index contributed by atoms with van der Waals surface area (Å²) in [6.07, 6.45) is 4.35. The van der Waals surface area contributed by atoms with Gasteiger partial charge in [0.15, 0.2) is 23.9 Å². The van der Waals surface area contributed by atoms with Crippen molar-refractivity contribution in [2.24, 2.45) is 5.92 Å². The van der Waals surface area contributed by atoms with Crippen LogP contribution in [0.5, 0.6) is 11.5 Å². The van der Waals surface area contributed by atoms with E-state index < -0.39 is 12.1 Å². The van der Waals surface area contributed by atoms with Gasteiger partial charge in [-0.05, 0) is 85.8 Å². The second kappa shape index (κ2) is 15.5. The highest BCUT2D eigenvalue weighted by Crippen LogP contribution is 2.36. The number of ether oxygens (including phenoxy) is 4. The first-order valence-corrected chi connectivity index (χ1v) is 17.1. The molecule has 0 saturated carbocycles. The van der Waals surface area contributed by atoms with Crippen molar-refractivity contribution in [3.8, 4) is 11.5 Å². The number of para-hydroxylation sites is 1. The third-order valence-corrected chi connectivity index (χ3v) is 10.1. The Labute approximate surface area is 296 Å². The van der Waals surface area contributed by atoms with Crippen LogP contribution in [0.15, 0.2) is 79.1 Å². The van der Waals surface area contributed by atoms with E-state index in [1.165, 1.54) is 0 Å². The third kappa shape index (κ3) is 7.96. The number of H-pyrrole nitrogens is 1. The third-order valence-electron chi connectivity index (χ3n) is 9.42. The highest BCUT2D eigenvalue weighted by atomic mass is 35.5. The van der Waals surface area contributed by atoms with Crippen molar-refractivity contribution >= 4 is 41.0 Å². The van der Waals surface area contributed by atoms with E-state index in [0.29, 0.717) is 44.2 Å². The molecule has 49 heavy (non-hydrogen) atoms. The van der Waals surface area contributed by atoms with Crippen molar-refractivity contribution in [2.45, 2.75) is 44.9 Å². The molecule has 3 aliphatic heterocycles. The van der Waals surface area contributed by atoms with Gasteiger partial charge in [0.05, 0.1) is 32.0 Å². The number of anilines is 1. The highest BCUT2D eigenvalue weighted by molar-refractivity contribution is 6.35. The zero-order chi connectivity index (χ0) is 34.5. The quantitative estimate of drug-likeness (QED) is 0.149. The van der Waals surface area contributed by atoms with Crippen LogP contribution >= 0.6 is 23.2 Å². The Hall–Kier alpha value is -4.31. The first-order chi connectivity index (χ1) is 23.7. The predicted octanol–water partition coefficient (Wildman–Crippen LogP) is 7.51.